The quantitative estimate of drug-likeness (QED) is 0.861. The molecule has 19 heavy (non-hydrogen) atoms. The second kappa shape index (κ2) is 8.08. The van der Waals surface area contributed by atoms with Crippen molar-refractivity contribution in [1.82, 2.24) is 4.90 Å². The van der Waals surface area contributed by atoms with Gasteiger partial charge < -0.3 is 15.4 Å². The molecule has 2 atom stereocenters. The molecule has 1 saturated heterocycles. The number of hydrogen-bond acceptors (Lipinski definition) is 3. The van der Waals surface area contributed by atoms with Crippen LogP contribution in [0.4, 0.5) is 0 Å². The second-order valence-corrected chi connectivity index (χ2v) is 5.70. The Bertz CT molecular complexity index is 283. The lowest BCUT2D eigenvalue weighted by molar-refractivity contribution is -0.135. The molecule has 1 aliphatic carbocycles. The molecule has 1 amide bonds. The molecule has 0 bridgehead atoms. The van der Waals surface area contributed by atoms with Gasteiger partial charge in [0.25, 0.3) is 0 Å². The zero-order valence-electron chi connectivity index (χ0n) is 11.8. The molecule has 0 spiro atoms. The smallest absolute Gasteiger partial charge is 0.242 e. The van der Waals surface area contributed by atoms with Crippen molar-refractivity contribution in [3.63, 3.8) is 0 Å². The molecule has 2 aliphatic rings. The van der Waals surface area contributed by atoms with Crippen LogP contribution in [0.15, 0.2) is 0 Å². The van der Waals surface area contributed by atoms with Gasteiger partial charge in [-0.2, -0.15) is 0 Å². The molecule has 2 unspecified atom stereocenters. The number of likely N-dealkylation sites (tertiary alicyclic amines) is 1. The molecule has 2 rings (SSSR count). The van der Waals surface area contributed by atoms with E-state index in [1.165, 1.54) is 32.1 Å². The Morgan fingerprint density at radius 3 is 2.58 bits per heavy atom. The Labute approximate surface area is 122 Å². The molecule has 4 nitrogen and oxygen atoms in total. The molecular weight excluding hydrogens is 264 g/mol. The van der Waals surface area contributed by atoms with Gasteiger partial charge >= 0.3 is 0 Å². The maximum Gasteiger partial charge on any atom is 0.242 e. The van der Waals surface area contributed by atoms with Gasteiger partial charge in [-0.05, 0) is 31.6 Å². The predicted octanol–water partition coefficient (Wildman–Crippen LogP) is 1.95. The van der Waals surface area contributed by atoms with E-state index in [9.17, 15) is 4.79 Å². The van der Waals surface area contributed by atoms with E-state index in [1.807, 2.05) is 4.90 Å². The topological polar surface area (TPSA) is 55.6 Å². The Hall–Kier alpha value is -0.320. The summed E-state index contributed by atoms with van der Waals surface area (Å²) in [4.78, 5) is 14.4. The van der Waals surface area contributed by atoms with Gasteiger partial charge in [-0.3, -0.25) is 4.79 Å². The summed E-state index contributed by atoms with van der Waals surface area (Å²) < 4.78 is 4.99. The van der Waals surface area contributed by atoms with E-state index in [2.05, 4.69) is 0 Å². The number of amides is 1. The lowest BCUT2D eigenvalue weighted by Gasteiger charge is -2.35. The van der Waals surface area contributed by atoms with Crippen LogP contribution in [0.3, 0.4) is 0 Å². The Balaban J connectivity index is 0.00000180. The fraction of sp³-hybridized carbons (Fsp3) is 0.929. The zero-order valence-corrected chi connectivity index (χ0v) is 12.7. The van der Waals surface area contributed by atoms with Crippen molar-refractivity contribution >= 4 is 18.3 Å². The SMILES string of the molecule is COCC(N)C(=O)N1CCCC1C1CCCCC1.Cl. The molecule has 1 heterocycles. The van der Waals surface area contributed by atoms with E-state index >= 15 is 0 Å². The summed E-state index contributed by atoms with van der Waals surface area (Å²) in [5.41, 5.74) is 5.88. The van der Waals surface area contributed by atoms with Crippen LogP contribution in [0, 0.1) is 5.92 Å². The molecule has 1 saturated carbocycles. The molecule has 1 aliphatic heterocycles. The van der Waals surface area contributed by atoms with Crippen molar-refractivity contribution in [1.29, 1.82) is 0 Å². The molecule has 5 heteroatoms. The van der Waals surface area contributed by atoms with Crippen LogP contribution < -0.4 is 5.73 Å². The number of carbonyl (C=O) groups excluding carboxylic acids is 1. The summed E-state index contributed by atoms with van der Waals surface area (Å²) in [5.74, 6) is 0.796. The highest BCUT2D eigenvalue weighted by Gasteiger charge is 2.36. The van der Waals surface area contributed by atoms with Crippen molar-refractivity contribution in [2.45, 2.75) is 57.0 Å². The van der Waals surface area contributed by atoms with E-state index in [1.54, 1.807) is 7.11 Å². The van der Waals surface area contributed by atoms with Crippen molar-refractivity contribution in [2.24, 2.45) is 11.7 Å². The van der Waals surface area contributed by atoms with Gasteiger partial charge in [0, 0.05) is 19.7 Å². The van der Waals surface area contributed by atoms with E-state index in [0.29, 0.717) is 18.6 Å². The van der Waals surface area contributed by atoms with Crippen LogP contribution in [0.5, 0.6) is 0 Å². The van der Waals surface area contributed by atoms with Gasteiger partial charge in [-0.1, -0.05) is 19.3 Å². The minimum Gasteiger partial charge on any atom is -0.383 e. The summed E-state index contributed by atoms with van der Waals surface area (Å²) in [7, 11) is 1.59. The number of methoxy groups -OCH3 is 1. The maximum atomic E-state index is 12.3. The fourth-order valence-electron chi connectivity index (χ4n) is 3.54. The molecule has 0 aromatic heterocycles. The van der Waals surface area contributed by atoms with Gasteiger partial charge in [0.1, 0.15) is 6.04 Å². The zero-order chi connectivity index (χ0) is 13.0. The van der Waals surface area contributed by atoms with Crippen LogP contribution in [0.2, 0.25) is 0 Å². The van der Waals surface area contributed by atoms with Crippen molar-refractivity contribution in [2.75, 3.05) is 20.3 Å². The first-order valence-corrected chi connectivity index (χ1v) is 7.29. The normalized spacial score (nSPS) is 26.0. The van der Waals surface area contributed by atoms with Gasteiger partial charge in [0.05, 0.1) is 6.61 Å². The third-order valence-corrected chi connectivity index (χ3v) is 4.44. The van der Waals surface area contributed by atoms with Crippen molar-refractivity contribution in [3.8, 4) is 0 Å². The van der Waals surface area contributed by atoms with Crippen LogP contribution in [-0.2, 0) is 9.53 Å². The molecule has 2 fully saturated rings. The molecule has 0 aromatic rings. The summed E-state index contributed by atoms with van der Waals surface area (Å²) in [5, 5.41) is 0. The minimum absolute atomic E-state index is 0. The predicted molar refractivity (Wildman–Crippen MR) is 78.4 cm³/mol. The first-order valence-electron chi connectivity index (χ1n) is 7.29. The highest BCUT2D eigenvalue weighted by atomic mass is 35.5. The largest absolute Gasteiger partial charge is 0.383 e. The second-order valence-electron chi connectivity index (χ2n) is 5.70. The van der Waals surface area contributed by atoms with Gasteiger partial charge in [0.15, 0.2) is 0 Å². The number of hydrogen-bond donors (Lipinski definition) is 1. The first kappa shape index (κ1) is 16.7. The molecule has 0 aromatic carbocycles. The number of halogens is 1. The summed E-state index contributed by atoms with van der Waals surface area (Å²) in [6, 6.07) is -0.0418. The van der Waals surface area contributed by atoms with E-state index in [4.69, 9.17) is 10.5 Å². The number of carbonyl (C=O) groups is 1. The lowest BCUT2D eigenvalue weighted by atomic mass is 9.83. The Morgan fingerprint density at radius 2 is 1.95 bits per heavy atom. The molecular formula is C14H27ClN2O2. The van der Waals surface area contributed by atoms with E-state index in [-0.39, 0.29) is 18.3 Å². The maximum absolute atomic E-state index is 12.3. The number of rotatable bonds is 4. The van der Waals surface area contributed by atoms with Crippen molar-refractivity contribution < 1.29 is 9.53 Å². The Kier molecular flexibility index (Phi) is 7.11. The fourth-order valence-corrected chi connectivity index (χ4v) is 3.54. The average molecular weight is 291 g/mol. The van der Waals surface area contributed by atoms with E-state index in [0.717, 1.165) is 19.4 Å². The number of nitrogens with two attached hydrogens (primary N) is 1. The third-order valence-electron chi connectivity index (χ3n) is 4.44. The average Bonchev–Trinajstić information content (AvgIpc) is 2.88. The van der Waals surface area contributed by atoms with Crippen molar-refractivity contribution in [3.05, 3.63) is 0 Å². The van der Waals surface area contributed by atoms with Gasteiger partial charge in [-0.25, -0.2) is 0 Å². The number of ether oxygens (including phenoxy) is 1. The van der Waals surface area contributed by atoms with E-state index < -0.39 is 6.04 Å². The first-order chi connectivity index (χ1) is 8.74. The highest BCUT2D eigenvalue weighted by Crippen LogP contribution is 2.34. The molecule has 0 radical (unpaired) electrons. The lowest BCUT2D eigenvalue weighted by Crippen LogP contribution is -2.50. The van der Waals surface area contributed by atoms with Crippen LogP contribution >= 0.6 is 12.4 Å². The summed E-state index contributed by atoms with van der Waals surface area (Å²) >= 11 is 0. The summed E-state index contributed by atoms with van der Waals surface area (Å²) in [6.45, 7) is 1.21. The third kappa shape index (κ3) is 4.07. The highest BCUT2D eigenvalue weighted by molar-refractivity contribution is 5.85. The minimum atomic E-state index is -0.487. The Morgan fingerprint density at radius 1 is 1.26 bits per heavy atom. The molecule has 2 N–H and O–H groups in total. The summed E-state index contributed by atoms with van der Waals surface area (Å²) in [6.07, 6.45) is 8.88. The van der Waals surface area contributed by atoms with Gasteiger partial charge in [0.2, 0.25) is 5.91 Å². The standard InChI is InChI=1S/C14H26N2O2.ClH/c1-18-10-12(15)14(17)16-9-5-8-13(16)11-6-3-2-4-7-11;/h11-13H,2-10,15H2,1H3;1H. The number of nitrogens with zero attached hydrogens (tertiary/aromatic N) is 1. The monoisotopic (exact) mass is 290 g/mol. The van der Waals surface area contributed by atoms with Crippen LogP contribution in [-0.4, -0.2) is 43.2 Å². The molecule has 112 valence electrons. The van der Waals surface area contributed by atoms with Gasteiger partial charge in [-0.15, -0.1) is 12.4 Å². The van der Waals surface area contributed by atoms with Crippen LogP contribution in [0.25, 0.3) is 0 Å². The van der Waals surface area contributed by atoms with Crippen LogP contribution in [0.1, 0.15) is 44.9 Å².